The number of carbonyl (C=O) groups is 1. The quantitative estimate of drug-likeness (QED) is 0.705. The van der Waals surface area contributed by atoms with Gasteiger partial charge in [0.25, 0.3) is 0 Å². The third kappa shape index (κ3) is 6.48. The van der Waals surface area contributed by atoms with E-state index in [1.54, 1.807) is 14.0 Å². The Labute approximate surface area is 135 Å². The lowest BCUT2D eigenvalue weighted by molar-refractivity contribution is -0.141. The van der Waals surface area contributed by atoms with Gasteiger partial charge in [0, 0.05) is 22.6 Å². The molecule has 0 saturated heterocycles. The van der Waals surface area contributed by atoms with Crippen LogP contribution in [0.15, 0.2) is 22.7 Å². The Balaban J connectivity index is 2.37. The first-order valence-corrected chi connectivity index (χ1v) is 8.02. The van der Waals surface area contributed by atoms with Gasteiger partial charge in [0.05, 0.1) is 13.0 Å². The molecule has 2 atom stereocenters. The molecule has 4 nitrogen and oxygen atoms in total. The van der Waals surface area contributed by atoms with Crippen LogP contribution in [0.3, 0.4) is 0 Å². The minimum atomic E-state index is -0.713. The molecule has 1 rings (SSSR count). The summed E-state index contributed by atoms with van der Waals surface area (Å²) >= 11 is 3.46. The van der Waals surface area contributed by atoms with E-state index in [0.717, 1.165) is 41.6 Å². The number of hydrogen-bond donors (Lipinski definition) is 2. The van der Waals surface area contributed by atoms with Crippen LogP contribution in [0.25, 0.3) is 0 Å². The third-order valence-electron chi connectivity index (χ3n) is 3.58. The van der Waals surface area contributed by atoms with Crippen LogP contribution in [-0.2, 0) is 11.3 Å². The van der Waals surface area contributed by atoms with Crippen LogP contribution in [0.5, 0.6) is 5.75 Å². The molecule has 0 radical (unpaired) electrons. The lowest BCUT2D eigenvalue weighted by Gasteiger charge is -2.16. The van der Waals surface area contributed by atoms with Gasteiger partial charge in [-0.15, -0.1) is 0 Å². The van der Waals surface area contributed by atoms with Gasteiger partial charge in [0.2, 0.25) is 0 Å². The Kier molecular flexibility index (Phi) is 7.75. The van der Waals surface area contributed by atoms with Crippen molar-refractivity contribution in [3.8, 4) is 5.75 Å². The van der Waals surface area contributed by atoms with E-state index >= 15 is 0 Å². The maximum Gasteiger partial charge on any atom is 0.306 e. The average molecular weight is 358 g/mol. The van der Waals surface area contributed by atoms with Crippen molar-refractivity contribution in [2.24, 2.45) is 5.92 Å². The molecule has 0 aliphatic rings. The predicted molar refractivity (Wildman–Crippen MR) is 87.6 cm³/mol. The summed E-state index contributed by atoms with van der Waals surface area (Å²) in [7, 11) is 1.67. The van der Waals surface area contributed by atoms with E-state index in [-0.39, 0.29) is 5.92 Å². The number of ether oxygens (including phenoxy) is 1. The minimum absolute atomic E-state index is 0.262. The zero-order chi connectivity index (χ0) is 15.8. The molecule has 0 aliphatic heterocycles. The number of hydrogen-bond acceptors (Lipinski definition) is 3. The van der Waals surface area contributed by atoms with Crippen molar-refractivity contribution in [2.45, 2.75) is 45.7 Å². The normalized spacial score (nSPS) is 13.7. The maximum atomic E-state index is 10.8. The second-order valence-electron chi connectivity index (χ2n) is 5.41. The van der Waals surface area contributed by atoms with Gasteiger partial charge in [0.1, 0.15) is 5.75 Å². The van der Waals surface area contributed by atoms with Crippen LogP contribution >= 0.6 is 15.9 Å². The molecule has 21 heavy (non-hydrogen) atoms. The summed E-state index contributed by atoms with van der Waals surface area (Å²) in [5.74, 6) is -0.103. The molecule has 0 saturated carbocycles. The lowest BCUT2D eigenvalue weighted by Crippen LogP contribution is -2.26. The summed E-state index contributed by atoms with van der Waals surface area (Å²) < 4.78 is 6.38. The number of methoxy groups -OCH3 is 1. The zero-order valence-electron chi connectivity index (χ0n) is 12.9. The lowest BCUT2D eigenvalue weighted by atomic mass is 10.0. The van der Waals surface area contributed by atoms with E-state index < -0.39 is 5.97 Å². The van der Waals surface area contributed by atoms with Gasteiger partial charge in [-0.3, -0.25) is 4.79 Å². The van der Waals surface area contributed by atoms with E-state index in [0.29, 0.717) is 6.04 Å². The van der Waals surface area contributed by atoms with Crippen LogP contribution in [0.2, 0.25) is 0 Å². The Hall–Kier alpha value is -1.07. The molecule has 2 unspecified atom stereocenters. The fourth-order valence-corrected chi connectivity index (χ4v) is 2.53. The number of rotatable bonds is 9. The number of halogens is 1. The van der Waals surface area contributed by atoms with Gasteiger partial charge < -0.3 is 15.2 Å². The van der Waals surface area contributed by atoms with E-state index in [1.165, 1.54) is 0 Å². The number of carboxylic acid groups (broad SMARTS) is 1. The van der Waals surface area contributed by atoms with Gasteiger partial charge in [0.15, 0.2) is 0 Å². The number of aliphatic carboxylic acids is 1. The highest BCUT2D eigenvalue weighted by molar-refractivity contribution is 9.10. The van der Waals surface area contributed by atoms with E-state index in [2.05, 4.69) is 28.2 Å². The summed E-state index contributed by atoms with van der Waals surface area (Å²) in [6, 6.07) is 6.29. The van der Waals surface area contributed by atoms with E-state index in [1.807, 2.05) is 18.2 Å². The van der Waals surface area contributed by atoms with Gasteiger partial charge in [-0.1, -0.05) is 29.3 Å². The van der Waals surface area contributed by atoms with Gasteiger partial charge >= 0.3 is 5.97 Å². The standard InChI is InChI=1S/C16H24BrNO3/c1-11(16(19)20)5-4-6-12(2)18-10-13-9-14(17)7-8-15(13)21-3/h7-9,11-12,18H,4-6,10H2,1-3H3,(H,19,20). The fraction of sp³-hybridized carbons (Fsp3) is 0.562. The molecule has 5 heteroatoms. The van der Waals surface area contributed by atoms with Crippen LogP contribution in [-0.4, -0.2) is 24.2 Å². The SMILES string of the molecule is COc1ccc(Br)cc1CNC(C)CCCC(C)C(=O)O. The molecule has 0 amide bonds. The third-order valence-corrected chi connectivity index (χ3v) is 4.07. The smallest absolute Gasteiger partial charge is 0.306 e. The van der Waals surface area contributed by atoms with Crippen molar-refractivity contribution in [3.05, 3.63) is 28.2 Å². The van der Waals surface area contributed by atoms with Gasteiger partial charge in [-0.2, -0.15) is 0 Å². The van der Waals surface area contributed by atoms with Crippen molar-refractivity contribution in [1.82, 2.24) is 5.32 Å². The first kappa shape index (κ1) is 18.0. The molecule has 0 fully saturated rings. The van der Waals surface area contributed by atoms with Crippen LogP contribution in [0.1, 0.15) is 38.7 Å². The summed E-state index contributed by atoms with van der Waals surface area (Å²) in [6.07, 6.45) is 2.60. The summed E-state index contributed by atoms with van der Waals surface area (Å²) in [4.78, 5) is 10.8. The monoisotopic (exact) mass is 357 g/mol. The number of nitrogens with one attached hydrogen (secondary N) is 1. The van der Waals surface area contributed by atoms with E-state index in [9.17, 15) is 4.79 Å². The van der Waals surface area contributed by atoms with Gasteiger partial charge in [-0.05, 0) is 38.0 Å². The summed E-state index contributed by atoms with van der Waals surface area (Å²) in [5, 5.41) is 12.3. The molecule has 118 valence electrons. The van der Waals surface area contributed by atoms with Crippen molar-refractivity contribution >= 4 is 21.9 Å². The molecule has 0 spiro atoms. The topological polar surface area (TPSA) is 58.6 Å². The predicted octanol–water partition coefficient (Wildman–Crippen LogP) is 3.83. The minimum Gasteiger partial charge on any atom is -0.496 e. The summed E-state index contributed by atoms with van der Waals surface area (Å²) in [6.45, 7) is 4.61. The first-order valence-electron chi connectivity index (χ1n) is 7.22. The molecule has 0 aliphatic carbocycles. The molecule has 2 N–H and O–H groups in total. The largest absolute Gasteiger partial charge is 0.496 e. The Morgan fingerprint density at radius 1 is 1.38 bits per heavy atom. The highest BCUT2D eigenvalue weighted by Crippen LogP contribution is 2.23. The van der Waals surface area contributed by atoms with Crippen LogP contribution < -0.4 is 10.1 Å². The van der Waals surface area contributed by atoms with Crippen molar-refractivity contribution in [2.75, 3.05) is 7.11 Å². The molecule has 1 aromatic carbocycles. The van der Waals surface area contributed by atoms with Gasteiger partial charge in [-0.25, -0.2) is 0 Å². The second kappa shape index (κ2) is 9.05. The summed E-state index contributed by atoms with van der Waals surface area (Å²) in [5.41, 5.74) is 1.11. The Morgan fingerprint density at radius 2 is 2.10 bits per heavy atom. The first-order chi connectivity index (χ1) is 9.93. The fourth-order valence-electron chi connectivity index (χ4n) is 2.13. The molecule has 0 bridgehead atoms. The highest BCUT2D eigenvalue weighted by atomic mass is 79.9. The molecule has 1 aromatic rings. The van der Waals surface area contributed by atoms with Crippen LogP contribution in [0.4, 0.5) is 0 Å². The Bertz CT molecular complexity index is 465. The van der Waals surface area contributed by atoms with E-state index in [4.69, 9.17) is 9.84 Å². The maximum absolute atomic E-state index is 10.8. The number of benzene rings is 1. The molecular weight excluding hydrogens is 334 g/mol. The Morgan fingerprint density at radius 3 is 2.71 bits per heavy atom. The average Bonchev–Trinajstić information content (AvgIpc) is 2.45. The van der Waals surface area contributed by atoms with Crippen molar-refractivity contribution in [3.63, 3.8) is 0 Å². The second-order valence-corrected chi connectivity index (χ2v) is 6.32. The van der Waals surface area contributed by atoms with Crippen molar-refractivity contribution < 1.29 is 14.6 Å². The molecule has 0 aromatic heterocycles. The number of carboxylic acids is 1. The highest BCUT2D eigenvalue weighted by Gasteiger charge is 2.11. The molecule has 0 heterocycles. The van der Waals surface area contributed by atoms with Crippen molar-refractivity contribution in [1.29, 1.82) is 0 Å². The molecular formula is C16H24BrNO3. The zero-order valence-corrected chi connectivity index (χ0v) is 14.4. The van der Waals surface area contributed by atoms with Crippen LogP contribution in [0, 0.1) is 5.92 Å².